The molecule has 1 amide bonds. The highest BCUT2D eigenvalue weighted by Crippen LogP contribution is 2.25. The van der Waals surface area contributed by atoms with Crippen molar-refractivity contribution in [2.45, 2.75) is 45.6 Å². The van der Waals surface area contributed by atoms with Gasteiger partial charge in [-0.15, -0.1) is 0 Å². The lowest BCUT2D eigenvalue weighted by Gasteiger charge is -2.21. The fraction of sp³-hybridized carbons (Fsp3) is 0.533. The molecule has 5 nitrogen and oxygen atoms in total. The lowest BCUT2D eigenvalue weighted by molar-refractivity contribution is -0.121. The van der Waals surface area contributed by atoms with E-state index in [-0.39, 0.29) is 11.9 Å². The van der Waals surface area contributed by atoms with Crippen LogP contribution in [0.2, 0.25) is 0 Å². The Balaban J connectivity index is 2.28. The van der Waals surface area contributed by atoms with Gasteiger partial charge in [-0.1, -0.05) is 12.2 Å². The first-order valence-corrected chi connectivity index (χ1v) is 7.80. The van der Waals surface area contributed by atoms with Crippen molar-refractivity contribution in [1.82, 2.24) is 10.3 Å². The van der Waals surface area contributed by atoms with Crippen molar-refractivity contribution in [3.8, 4) is 0 Å². The predicted molar refractivity (Wildman–Crippen MR) is 88.5 cm³/mol. The summed E-state index contributed by atoms with van der Waals surface area (Å²) in [6.07, 6.45) is 4.31. The van der Waals surface area contributed by atoms with Crippen LogP contribution >= 0.6 is 12.2 Å². The van der Waals surface area contributed by atoms with Crippen molar-refractivity contribution in [3.63, 3.8) is 0 Å². The average Bonchev–Trinajstić information content (AvgIpc) is 2.46. The molecule has 0 bridgehead atoms. The maximum absolute atomic E-state index is 11.9. The van der Waals surface area contributed by atoms with Gasteiger partial charge < -0.3 is 16.4 Å². The Labute approximate surface area is 130 Å². The molecule has 1 aromatic heterocycles. The lowest BCUT2D eigenvalue weighted by atomic mass is 9.94. The van der Waals surface area contributed by atoms with Gasteiger partial charge in [-0.25, -0.2) is 4.98 Å². The lowest BCUT2D eigenvalue weighted by Crippen LogP contribution is -2.38. The molecular weight excluding hydrogens is 284 g/mol. The largest absolute Gasteiger partial charge is 0.389 e. The fourth-order valence-electron chi connectivity index (χ4n) is 2.53. The number of anilines is 1. The highest BCUT2D eigenvalue weighted by Gasteiger charge is 2.19. The summed E-state index contributed by atoms with van der Waals surface area (Å²) in [4.78, 5) is 16.8. The number of aryl methyl sites for hydroxylation is 2. The second-order valence-corrected chi connectivity index (χ2v) is 5.76. The first kappa shape index (κ1) is 15.7. The molecule has 0 aliphatic heterocycles. The molecule has 0 aromatic carbocycles. The maximum atomic E-state index is 11.9. The highest BCUT2D eigenvalue weighted by molar-refractivity contribution is 7.80. The fourth-order valence-corrected chi connectivity index (χ4v) is 2.69. The van der Waals surface area contributed by atoms with Crippen LogP contribution in [0.3, 0.4) is 0 Å². The SMILES string of the molecule is CCNC(=O)C(C)Nc1nc2c(cc1C(N)=S)CCCC2. The molecule has 1 aromatic rings. The van der Waals surface area contributed by atoms with Gasteiger partial charge in [-0.05, 0) is 51.2 Å². The molecule has 0 spiro atoms. The summed E-state index contributed by atoms with van der Waals surface area (Å²) < 4.78 is 0. The molecule has 21 heavy (non-hydrogen) atoms. The number of hydrogen-bond donors (Lipinski definition) is 3. The van der Waals surface area contributed by atoms with Crippen LogP contribution in [0.25, 0.3) is 0 Å². The van der Waals surface area contributed by atoms with Crippen LogP contribution in [-0.2, 0) is 17.6 Å². The van der Waals surface area contributed by atoms with Crippen LogP contribution < -0.4 is 16.4 Å². The van der Waals surface area contributed by atoms with Gasteiger partial charge in [-0.2, -0.15) is 0 Å². The van der Waals surface area contributed by atoms with Crippen LogP contribution in [0.5, 0.6) is 0 Å². The Morgan fingerprint density at radius 1 is 1.48 bits per heavy atom. The zero-order valence-electron chi connectivity index (χ0n) is 12.5. The third-order valence-corrected chi connectivity index (χ3v) is 3.88. The molecule has 1 unspecified atom stereocenters. The van der Waals surface area contributed by atoms with Crippen LogP contribution in [0.4, 0.5) is 5.82 Å². The monoisotopic (exact) mass is 306 g/mol. The van der Waals surface area contributed by atoms with E-state index in [1.807, 2.05) is 13.0 Å². The quantitative estimate of drug-likeness (QED) is 0.719. The first-order valence-electron chi connectivity index (χ1n) is 7.39. The van der Waals surface area contributed by atoms with E-state index in [0.717, 1.165) is 30.5 Å². The summed E-state index contributed by atoms with van der Waals surface area (Å²) in [6.45, 7) is 4.29. The van der Waals surface area contributed by atoms with E-state index in [2.05, 4.69) is 15.6 Å². The van der Waals surface area contributed by atoms with Crippen LogP contribution in [0.15, 0.2) is 6.07 Å². The number of amides is 1. The molecule has 1 atom stereocenters. The number of hydrogen-bond acceptors (Lipinski definition) is 4. The molecule has 0 saturated heterocycles. The topological polar surface area (TPSA) is 80.0 Å². The van der Waals surface area contributed by atoms with Crippen LogP contribution in [0, 0.1) is 0 Å². The summed E-state index contributed by atoms with van der Waals surface area (Å²) in [6, 6.07) is 1.64. The van der Waals surface area contributed by atoms with Crippen molar-refractivity contribution in [3.05, 3.63) is 22.9 Å². The number of likely N-dealkylation sites (N-methyl/N-ethyl adjacent to an activating group) is 1. The summed E-state index contributed by atoms with van der Waals surface area (Å²) in [5.74, 6) is 0.549. The van der Waals surface area contributed by atoms with Gasteiger partial charge in [-0.3, -0.25) is 4.79 Å². The van der Waals surface area contributed by atoms with E-state index in [1.54, 1.807) is 6.92 Å². The van der Waals surface area contributed by atoms with E-state index < -0.39 is 0 Å². The number of nitrogens with zero attached hydrogens (tertiary/aromatic N) is 1. The third kappa shape index (κ3) is 3.69. The van der Waals surface area contributed by atoms with Gasteiger partial charge in [0.2, 0.25) is 5.91 Å². The summed E-state index contributed by atoms with van der Waals surface area (Å²) in [5, 5.41) is 5.92. The zero-order chi connectivity index (χ0) is 15.4. The number of thiocarbonyl (C=S) groups is 1. The number of nitrogens with one attached hydrogen (secondary N) is 2. The summed E-state index contributed by atoms with van der Waals surface area (Å²) in [5.41, 5.74) is 8.85. The molecular formula is C15H22N4OS. The number of aromatic nitrogens is 1. The van der Waals surface area contributed by atoms with Gasteiger partial charge in [0, 0.05) is 12.2 Å². The number of pyridine rings is 1. The molecule has 2 rings (SSSR count). The molecule has 0 saturated carbocycles. The number of carbonyl (C=O) groups excluding carboxylic acids is 1. The minimum Gasteiger partial charge on any atom is -0.389 e. The van der Waals surface area contributed by atoms with E-state index >= 15 is 0 Å². The highest BCUT2D eigenvalue weighted by atomic mass is 32.1. The Morgan fingerprint density at radius 2 is 2.19 bits per heavy atom. The van der Waals surface area contributed by atoms with Gasteiger partial charge in [0.05, 0.1) is 5.56 Å². The van der Waals surface area contributed by atoms with E-state index in [9.17, 15) is 4.79 Å². The van der Waals surface area contributed by atoms with Crippen molar-refractivity contribution in [1.29, 1.82) is 0 Å². The molecule has 4 N–H and O–H groups in total. The maximum Gasteiger partial charge on any atom is 0.242 e. The number of nitrogens with two attached hydrogens (primary N) is 1. The standard InChI is InChI=1S/C15H22N4OS/c1-3-17-15(20)9(2)18-14-11(13(16)21)8-10-6-4-5-7-12(10)19-14/h8-9H,3-7H2,1-2H3,(H2,16,21)(H,17,20)(H,18,19). The Bertz CT molecular complexity index is 559. The van der Waals surface area contributed by atoms with Crippen molar-refractivity contribution >= 4 is 28.9 Å². The first-order chi connectivity index (χ1) is 10.0. The predicted octanol–water partition coefficient (Wildman–Crippen LogP) is 1.53. The number of carbonyl (C=O) groups is 1. The summed E-state index contributed by atoms with van der Waals surface area (Å²) >= 11 is 5.12. The number of fused-ring (bicyclic) bond motifs is 1. The molecule has 6 heteroatoms. The second-order valence-electron chi connectivity index (χ2n) is 5.32. The third-order valence-electron chi connectivity index (χ3n) is 3.66. The second kappa shape index (κ2) is 6.85. The molecule has 1 aliphatic rings. The Morgan fingerprint density at radius 3 is 2.86 bits per heavy atom. The zero-order valence-corrected chi connectivity index (χ0v) is 13.3. The minimum absolute atomic E-state index is 0.0640. The van der Waals surface area contributed by atoms with E-state index in [1.165, 1.54) is 12.0 Å². The molecule has 1 heterocycles. The van der Waals surface area contributed by atoms with Crippen molar-refractivity contribution in [2.24, 2.45) is 5.73 Å². The van der Waals surface area contributed by atoms with Crippen LogP contribution in [0.1, 0.15) is 43.5 Å². The Hall–Kier alpha value is -1.69. The normalized spacial score (nSPS) is 15.0. The molecule has 0 fully saturated rings. The van der Waals surface area contributed by atoms with Crippen LogP contribution in [-0.4, -0.2) is 28.5 Å². The minimum atomic E-state index is -0.382. The van der Waals surface area contributed by atoms with Gasteiger partial charge >= 0.3 is 0 Å². The van der Waals surface area contributed by atoms with Gasteiger partial charge in [0.15, 0.2) is 0 Å². The van der Waals surface area contributed by atoms with Gasteiger partial charge in [0.25, 0.3) is 0 Å². The molecule has 0 radical (unpaired) electrons. The average molecular weight is 306 g/mol. The summed E-state index contributed by atoms with van der Waals surface area (Å²) in [7, 11) is 0. The number of rotatable bonds is 5. The van der Waals surface area contributed by atoms with Crippen molar-refractivity contribution in [2.75, 3.05) is 11.9 Å². The van der Waals surface area contributed by atoms with E-state index in [0.29, 0.717) is 17.4 Å². The Kier molecular flexibility index (Phi) is 5.12. The van der Waals surface area contributed by atoms with E-state index in [4.69, 9.17) is 18.0 Å². The smallest absolute Gasteiger partial charge is 0.242 e. The molecule has 1 aliphatic carbocycles. The molecule has 114 valence electrons. The van der Waals surface area contributed by atoms with Crippen molar-refractivity contribution < 1.29 is 4.79 Å². The van der Waals surface area contributed by atoms with Gasteiger partial charge in [0.1, 0.15) is 16.8 Å².